The van der Waals surface area contributed by atoms with E-state index < -0.39 is 29.4 Å². The lowest BCUT2D eigenvalue weighted by Crippen LogP contribution is -2.41. The maximum absolute atomic E-state index is 13.1. The molecule has 3 heterocycles. The molecule has 1 fully saturated rings. The Bertz CT molecular complexity index is 1360. The molecule has 12 heteroatoms. The fourth-order valence-electron chi connectivity index (χ4n) is 4.37. The van der Waals surface area contributed by atoms with Gasteiger partial charge in [0.15, 0.2) is 17.0 Å². The maximum Gasteiger partial charge on any atom is 0.410 e. The van der Waals surface area contributed by atoms with Crippen molar-refractivity contribution in [3.8, 4) is 0 Å². The lowest BCUT2D eigenvalue weighted by atomic mass is 10.2. The number of benzene rings is 1. The summed E-state index contributed by atoms with van der Waals surface area (Å²) in [5.41, 5.74) is 0.111. The Labute approximate surface area is 233 Å². The molecule has 1 aliphatic heterocycles. The van der Waals surface area contributed by atoms with Crippen molar-refractivity contribution in [1.29, 1.82) is 0 Å². The van der Waals surface area contributed by atoms with E-state index in [1.54, 1.807) is 81.6 Å². The number of carbonyl (C=O) groups excluding carboxylic acids is 3. The number of carbonyl (C=O) groups is 3. The molecule has 3 aromatic rings. The first-order valence-corrected chi connectivity index (χ1v) is 13.1. The highest BCUT2D eigenvalue weighted by atomic mass is 16.6. The summed E-state index contributed by atoms with van der Waals surface area (Å²) in [6, 6.07) is 8.48. The fourth-order valence-corrected chi connectivity index (χ4v) is 4.37. The number of fused-ring (bicyclic) bond motifs is 1. The molecular weight excluding hydrogens is 516 g/mol. The standard InChI is InChI=1S/C28H36N6O6/c1-27(2,3)39-21(35)15-38-20-12-19(34(14-20)26(37)40-28(4,5)6)13-33-17-31-22-23(29-16-30-24(22)33)32-25(36)18-10-8-7-9-11-18/h7-11,16-17,19-20H,12-15H2,1-6H3,(H,29,30,32,36)/t19-,20-/m0/s1. The lowest BCUT2D eigenvalue weighted by Gasteiger charge is -2.28. The first-order chi connectivity index (χ1) is 18.8. The van der Waals surface area contributed by atoms with Crippen LogP contribution in [0, 0.1) is 0 Å². The van der Waals surface area contributed by atoms with Crippen LogP contribution in [0.1, 0.15) is 58.3 Å². The highest BCUT2D eigenvalue weighted by Crippen LogP contribution is 2.27. The molecule has 0 unspecified atom stereocenters. The summed E-state index contributed by atoms with van der Waals surface area (Å²) in [5, 5.41) is 2.80. The molecule has 1 aliphatic rings. The first-order valence-electron chi connectivity index (χ1n) is 13.1. The van der Waals surface area contributed by atoms with E-state index in [9.17, 15) is 14.4 Å². The van der Waals surface area contributed by atoms with Crippen LogP contribution >= 0.6 is 0 Å². The predicted octanol–water partition coefficient (Wildman–Crippen LogP) is 3.81. The minimum absolute atomic E-state index is 0.220. The molecular formula is C28H36N6O6. The Morgan fingerprint density at radius 3 is 2.35 bits per heavy atom. The van der Waals surface area contributed by atoms with Crippen molar-refractivity contribution < 1.29 is 28.6 Å². The van der Waals surface area contributed by atoms with Crippen molar-refractivity contribution in [2.45, 2.75) is 77.9 Å². The molecule has 0 spiro atoms. The first kappa shape index (κ1) is 28.9. The zero-order chi connectivity index (χ0) is 29.1. The average molecular weight is 553 g/mol. The Kier molecular flexibility index (Phi) is 8.38. The van der Waals surface area contributed by atoms with Crippen molar-refractivity contribution in [3.05, 3.63) is 48.5 Å². The molecule has 40 heavy (non-hydrogen) atoms. The van der Waals surface area contributed by atoms with Gasteiger partial charge in [-0.3, -0.25) is 4.79 Å². The average Bonchev–Trinajstić information content (AvgIpc) is 3.46. The van der Waals surface area contributed by atoms with Gasteiger partial charge < -0.3 is 29.0 Å². The van der Waals surface area contributed by atoms with Gasteiger partial charge in [-0.1, -0.05) is 18.2 Å². The SMILES string of the molecule is CC(C)(C)OC(=O)CO[C@H]1C[C@@H](Cn2cnc3c(NC(=O)c4ccccc4)ncnc32)N(C(=O)OC(C)(C)C)C1. The molecule has 214 valence electrons. The van der Waals surface area contributed by atoms with Gasteiger partial charge in [-0.05, 0) is 60.1 Å². The minimum Gasteiger partial charge on any atom is -0.458 e. The van der Waals surface area contributed by atoms with Crippen molar-refractivity contribution in [2.75, 3.05) is 18.5 Å². The number of hydrogen-bond donors (Lipinski definition) is 1. The summed E-state index contributed by atoms with van der Waals surface area (Å²) in [6.45, 7) is 11.2. The van der Waals surface area contributed by atoms with Gasteiger partial charge in [-0.25, -0.2) is 24.5 Å². The molecule has 1 N–H and O–H groups in total. The van der Waals surface area contributed by atoms with Gasteiger partial charge in [-0.15, -0.1) is 0 Å². The van der Waals surface area contributed by atoms with Gasteiger partial charge in [-0.2, -0.15) is 0 Å². The number of anilines is 1. The van der Waals surface area contributed by atoms with Gasteiger partial charge in [0.2, 0.25) is 0 Å². The van der Waals surface area contributed by atoms with Crippen molar-refractivity contribution in [2.24, 2.45) is 0 Å². The van der Waals surface area contributed by atoms with Crippen LogP contribution in [-0.2, 0) is 25.5 Å². The molecule has 1 aromatic carbocycles. The van der Waals surface area contributed by atoms with Crippen molar-refractivity contribution in [1.82, 2.24) is 24.4 Å². The number of esters is 1. The van der Waals surface area contributed by atoms with E-state index in [1.165, 1.54) is 6.33 Å². The van der Waals surface area contributed by atoms with Crippen LogP contribution in [0.25, 0.3) is 11.2 Å². The molecule has 0 radical (unpaired) electrons. The smallest absolute Gasteiger partial charge is 0.410 e. The molecule has 0 bridgehead atoms. The number of likely N-dealkylation sites (tertiary alicyclic amines) is 1. The molecule has 0 saturated carbocycles. The molecule has 0 aliphatic carbocycles. The summed E-state index contributed by atoms with van der Waals surface area (Å²) in [5.74, 6) is -0.499. The second-order valence-electron chi connectivity index (χ2n) is 11.7. The van der Waals surface area contributed by atoms with E-state index in [0.29, 0.717) is 29.7 Å². The molecule has 2 amide bonds. The van der Waals surface area contributed by atoms with E-state index in [1.807, 2.05) is 6.07 Å². The molecule has 1 saturated heterocycles. The Morgan fingerprint density at radius 2 is 1.68 bits per heavy atom. The third kappa shape index (κ3) is 7.53. The number of ether oxygens (including phenoxy) is 3. The van der Waals surface area contributed by atoms with Gasteiger partial charge in [0.1, 0.15) is 24.1 Å². The highest BCUT2D eigenvalue weighted by Gasteiger charge is 2.39. The minimum atomic E-state index is -0.683. The third-order valence-corrected chi connectivity index (χ3v) is 5.94. The molecule has 2 aromatic heterocycles. The van der Waals surface area contributed by atoms with Gasteiger partial charge in [0, 0.05) is 12.1 Å². The summed E-state index contributed by atoms with van der Waals surface area (Å²) in [7, 11) is 0. The zero-order valence-corrected chi connectivity index (χ0v) is 23.7. The summed E-state index contributed by atoms with van der Waals surface area (Å²) in [6.07, 6.45) is 2.55. The van der Waals surface area contributed by atoms with E-state index in [2.05, 4.69) is 20.3 Å². The predicted molar refractivity (Wildman–Crippen MR) is 147 cm³/mol. The maximum atomic E-state index is 13.1. The Morgan fingerprint density at radius 1 is 0.975 bits per heavy atom. The molecule has 12 nitrogen and oxygen atoms in total. The number of amides is 2. The van der Waals surface area contributed by atoms with Crippen LogP contribution < -0.4 is 5.32 Å². The van der Waals surface area contributed by atoms with Crippen LogP contribution in [-0.4, -0.2) is 78.9 Å². The third-order valence-electron chi connectivity index (χ3n) is 5.94. The number of nitrogens with one attached hydrogen (secondary N) is 1. The van der Waals surface area contributed by atoms with Crippen molar-refractivity contribution in [3.63, 3.8) is 0 Å². The highest BCUT2D eigenvalue weighted by molar-refractivity contribution is 6.06. The topological polar surface area (TPSA) is 138 Å². The van der Waals surface area contributed by atoms with Crippen LogP contribution in [0.4, 0.5) is 10.6 Å². The van der Waals surface area contributed by atoms with E-state index >= 15 is 0 Å². The Balaban J connectivity index is 1.51. The van der Waals surface area contributed by atoms with E-state index in [-0.39, 0.29) is 30.9 Å². The zero-order valence-electron chi connectivity index (χ0n) is 23.7. The molecule has 4 rings (SSSR count). The lowest BCUT2D eigenvalue weighted by molar-refractivity contribution is -0.162. The van der Waals surface area contributed by atoms with Crippen LogP contribution in [0.3, 0.4) is 0 Å². The summed E-state index contributed by atoms with van der Waals surface area (Å²) >= 11 is 0. The number of hydrogen-bond acceptors (Lipinski definition) is 9. The van der Waals surface area contributed by atoms with Gasteiger partial charge in [0.25, 0.3) is 5.91 Å². The number of nitrogens with zero attached hydrogens (tertiary/aromatic N) is 5. The second-order valence-corrected chi connectivity index (χ2v) is 11.7. The number of aromatic nitrogens is 4. The molecule has 2 atom stereocenters. The van der Waals surface area contributed by atoms with E-state index in [4.69, 9.17) is 14.2 Å². The number of imidazole rings is 1. The largest absolute Gasteiger partial charge is 0.458 e. The summed E-state index contributed by atoms with van der Waals surface area (Å²) in [4.78, 5) is 52.6. The van der Waals surface area contributed by atoms with Crippen molar-refractivity contribution >= 4 is 35.0 Å². The van der Waals surface area contributed by atoms with E-state index in [0.717, 1.165) is 0 Å². The van der Waals surface area contributed by atoms with Crippen LogP contribution in [0.15, 0.2) is 43.0 Å². The Hall–Kier alpha value is -4.06. The monoisotopic (exact) mass is 552 g/mol. The normalized spacial score (nSPS) is 17.6. The van der Waals surface area contributed by atoms with Crippen LogP contribution in [0.5, 0.6) is 0 Å². The number of rotatable bonds is 7. The second kappa shape index (κ2) is 11.6. The van der Waals surface area contributed by atoms with Crippen LogP contribution in [0.2, 0.25) is 0 Å². The van der Waals surface area contributed by atoms with Gasteiger partial charge >= 0.3 is 12.1 Å². The fraction of sp³-hybridized carbons (Fsp3) is 0.500. The summed E-state index contributed by atoms with van der Waals surface area (Å²) < 4.78 is 18.6. The van der Waals surface area contributed by atoms with Gasteiger partial charge in [0.05, 0.1) is 25.0 Å². The quantitative estimate of drug-likeness (QED) is 0.434.